The molecule has 88 valence electrons. The molecule has 17 heavy (non-hydrogen) atoms. The molecule has 0 amide bonds. The van der Waals surface area contributed by atoms with Crippen molar-refractivity contribution in [1.29, 1.82) is 0 Å². The molecule has 2 nitrogen and oxygen atoms in total. The monoisotopic (exact) mass is 285 g/mol. The summed E-state index contributed by atoms with van der Waals surface area (Å²) in [6, 6.07) is 5.37. The zero-order valence-corrected chi connectivity index (χ0v) is 11.4. The molecule has 0 radical (unpaired) electrons. The SMILES string of the molecule is Cc1ccc(CC(=O)c2cc(Cl)sc2Cl)nc1. The van der Waals surface area contributed by atoms with Gasteiger partial charge in [-0.3, -0.25) is 9.78 Å². The Labute approximate surface area is 113 Å². The van der Waals surface area contributed by atoms with Crippen LogP contribution >= 0.6 is 34.5 Å². The molecule has 0 aliphatic carbocycles. The van der Waals surface area contributed by atoms with E-state index in [9.17, 15) is 4.79 Å². The maximum absolute atomic E-state index is 12.0. The van der Waals surface area contributed by atoms with Crippen molar-refractivity contribution in [3.05, 3.63) is 49.9 Å². The summed E-state index contributed by atoms with van der Waals surface area (Å²) in [5, 5.41) is 0. The number of hydrogen-bond acceptors (Lipinski definition) is 3. The molecule has 0 bridgehead atoms. The molecule has 0 atom stereocenters. The van der Waals surface area contributed by atoms with Crippen molar-refractivity contribution >= 4 is 40.3 Å². The highest BCUT2D eigenvalue weighted by atomic mass is 35.5. The first-order valence-corrected chi connectivity index (χ1v) is 6.53. The number of aryl methyl sites for hydroxylation is 1. The molecule has 0 N–H and O–H groups in total. The number of nitrogens with zero attached hydrogens (tertiary/aromatic N) is 1. The van der Waals surface area contributed by atoms with Crippen LogP contribution in [0.1, 0.15) is 21.6 Å². The second-order valence-electron chi connectivity index (χ2n) is 3.66. The van der Waals surface area contributed by atoms with Gasteiger partial charge in [-0.1, -0.05) is 29.3 Å². The van der Waals surface area contributed by atoms with Gasteiger partial charge in [0.05, 0.1) is 10.8 Å². The van der Waals surface area contributed by atoms with Gasteiger partial charge in [0, 0.05) is 17.5 Å². The summed E-state index contributed by atoms with van der Waals surface area (Å²) < 4.78 is 0.960. The lowest BCUT2D eigenvalue weighted by Gasteiger charge is -2.00. The largest absolute Gasteiger partial charge is 0.294 e. The van der Waals surface area contributed by atoms with Crippen molar-refractivity contribution in [2.45, 2.75) is 13.3 Å². The van der Waals surface area contributed by atoms with Gasteiger partial charge in [0.1, 0.15) is 4.34 Å². The first-order chi connectivity index (χ1) is 8.06. The molecule has 0 aliphatic rings. The van der Waals surface area contributed by atoms with E-state index in [4.69, 9.17) is 23.2 Å². The average Bonchev–Trinajstić information content (AvgIpc) is 2.61. The van der Waals surface area contributed by atoms with Crippen LogP contribution in [0.25, 0.3) is 0 Å². The van der Waals surface area contributed by atoms with Crippen LogP contribution in [0.15, 0.2) is 24.4 Å². The highest BCUT2D eigenvalue weighted by molar-refractivity contribution is 7.20. The van der Waals surface area contributed by atoms with Gasteiger partial charge in [-0.2, -0.15) is 0 Å². The predicted octanol–water partition coefficient (Wildman–Crippen LogP) is 4.18. The fraction of sp³-hybridized carbons (Fsp3) is 0.167. The van der Waals surface area contributed by atoms with Crippen molar-refractivity contribution in [2.75, 3.05) is 0 Å². The van der Waals surface area contributed by atoms with Crippen LogP contribution in [0.5, 0.6) is 0 Å². The van der Waals surface area contributed by atoms with Gasteiger partial charge in [-0.05, 0) is 24.6 Å². The molecule has 2 aromatic rings. The molecule has 0 saturated carbocycles. The molecular formula is C12H9Cl2NOS. The fourth-order valence-corrected chi connectivity index (χ4v) is 2.89. The van der Waals surface area contributed by atoms with Crippen LogP contribution in [0.2, 0.25) is 8.67 Å². The molecule has 2 aromatic heterocycles. The van der Waals surface area contributed by atoms with E-state index in [1.165, 1.54) is 11.3 Å². The Kier molecular flexibility index (Phi) is 3.82. The van der Waals surface area contributed by atoms with Gasteiger partial charge in [0.15, 0.2) is 5.78 Å². The highest BCUT2D eigenvalue weighted by Gasteiger charge is 2.15. The summed E-state index contributed by atoms with van der Waals surface area (Å²) in [5.74, 6) is -0.0606. The van der Waals surface area contributed by atoms with Crippen molar-refractivity contribution in [1.82, 2.24) is 4.98 Å². The van der Waals surface area contributed by atoms with Crippen LogP contribution in [-0.4, -0.2) is 10.8 Å². The smallest absolute Gasteiger partial charge is 0.171 e. The zero-order chi connectivity index (χ0) is 12.4. The number of hydrogen-bond donors (Lipinski definition) is 0. The van der Waals surface area contributed by atoms with Gasteiger partial charge >= 0.3 is 0 Å². The lowest BCUT2D eigenvalue weighted by atomic mass is 10.1. The van der Waals surface area contributed by atoms with Crippen LogP contribution in [-0.2, 0) is 6.42 Å². The van der Waals surface area contributed by atoms with Gasteiger partial charge in [0.25, 0.3) is 0 Å². The van der Waals surface area contributed by atoms with Crippen LogP contribution in [0.3, 0.4) is 0 Å². The molecule has 2 rings (SSSR count). The molecule has 0 aliphatic heterocycles. The maximum Gasteiger partial charge on any atom is 0.171 e. The number of aromatic nitrogens is 1. The lowest BCUT2D eigenvalue weighted by molar-refractivity contribution is 0.0992. The van der Waals surface area contributed by atoms with E-state index < -0.39 is 0 Å². The van der Waals surface area contributed by atoms with E-state index in [0.717, 1.165) is 11.3 Å². The van der Waals surface area contributed by atoms with E-state index in [1.807, 2.05) is 19.1 Å². The van der Waals surface area contributed by atoms with Crippen LogP contribution in [0, 0.1) is 6.92 Å². The molecule has 0 unspecified atom stereocenters. The van der Waals surface area contributed by atoms with Crippen LogP contribution in [0.4, 0.5) is 0 Å². The number of Topliss-reactive ketones (excluding diaryl/α,β-unsaturated/α-hetero) is 1. The van der Waals surface area contributed by atoms with Crippen molar-refractivity contribution in [3.63, 3.8) is 0 Å². The Bertz CT molecular complexity index is 548. The standard InChI is InChI=1S/C12H9Cl2NOS/c1-7-2-3-8(15-6-7)4-10(16)9-5-11(13)17-12(9)14/h2-3,5-6H,4H2,1H3. The van der Waals surface area contributed by atoms with E-state index >= 15 is 0 Å². The number of carbonyl (C=O) groups excluding carboxylic acids is 1. The Hall–Kier alpha value is -0.900. The summed E-state index contributed by atoms with van der Waals surface area (Å²) in [6.45, 7) is 1.95. The van der Waals surface area contributed by atoms with Crippen molar-refractivity contribution < 1.29 is 4.79 Å². The first-order valence-electron chi connectivity index (χ1n) is 4.96. The molecule has 0 aromatic carbocycles. The molecule has 0 saturated heterocycles. The second-order valence-corrected chi connectivity index (χ2v) is 5.95. The molecule has 0 fully saturated rings. The maximum atomic E-state index is 12.0. The summed E-state index contributed by atoms with van der Waals surface area (Å²) in [5.41, 5.74) is 2.28. The summed E-state index contributed by atoms with van der Waals surface area (Å²) in [4.78, 5) is 16.1. The zero-order valence-electron chi connectivity index (χ0n) is 9.04. The van der Waals surface area contributed by atoms with Crippen LogP contribution < -0.4 is 0 Å². The second kappa shape index (κ2) is 5.17. The number of ketones is 1. The normalized spacial score (nSPS) is 10.5. The Morgan fingerprint density at radius 3 is 2.71 bits per heavy atom. The molecule has 2 heterocycles. The number of thiophene rings is 1. The lowest BCUT2D eigenvalue weighted by Crippen LogP contribution is -2.04. The third-order valence-electron chi connectivity index (χ3n) is 2.27. The topological polar surface area (TPSA) is 30.0 Å². The molecular weight excluding hydrogens is 277 g/mol. The van der Waals surface area contributed by atoms with E-state index in [0.29, 0.717) is 14.2 Å². The average molecular weight is 286 g/mol. The minimum absolute atomic E-state index is 0.0606. The minimum Gasteiger partial charge on any atom is -0.294 e. The van der Waals surface area contributed by atoms with Gasteiger partial charge in [-0.25, -0.2) is 0 Å². The third kappa shape index (κ3) is 3.06. The Morgan fingerprint density at radius 2 is 2.18 bits per heavy atom. The third-order valence-corrected chi connectivity index (χ3v) is 3.76. The fourth-order valence-electron chi connectivity index (χ4n) is 1.39. The van der Waals surface area contributed by atoms with Gasteiger partial charge in [0.2, 0.25) is 0 Å². The summed E-state index contributed by atoms with van der Waals surface area (Å²) >= 11 is 12.9. The number of rotatable bonds is 3. The Morgan fingerprint density at radius 1 is 1.41 bits per heavy atom. The Balaban J connectivity index is 2.17. The number of halogens is 2. The first kappa shape index (κ1) is 12.6. The van der Waals surface area contributed by atoms with Crippen molar-refractivity contribution in [2.24, 2.45) is 0 Å². The van der Waals surface area contributed by atoms with E-state index in [1.54, 1.807) is 12.3 Å². The van der Waals surface area contributed by atoms with E-state index in [-0.39, 0.29) is 12.2 Å². The quantitative estimate of drug-likeness (QED) is 0.792. The minimum atomic E-state index is -0.0606. The predicted molar refractivity (Wildman–Crippen MR) is 71.3 cm³/mol. The number of carbonyl (C=O) groups is 1. The summed E-state index contributed by atoms with van der Waals surface area (Å²) in [6.07, 6.45) is 1.98. The van der Waals surface area contributed by atoms with E-state index in [2.05, 4.69) is 4.98 Å². The molecule has 0 spiro atoms. The highest BCUT2D eigenvalue weighted by Crippen LogP contribution is 2.31. The summed E-state index contributed by atoms with van der Waals surface area (Å²) in [7, 11) is 0. The number of pyridine rings is 1. The van der Waals surface area contributed by atoms with Gasteiger partial charge in [-0.15, -0.1) is 11.3 Å². The van der Waals surface area contributed by atoms with Crippen molar-refractivity contribution in [3.8, 4) is 0 Å². The van der Waals surface area contributed by atoms with Gasteiger partial charge < -0.3 is 0 Å². The molecule has 5 heteroatoms.